The molecule has 0 radical (unpaired) electrons. The van der Waals surface area contributed by atoms with Crippen LogP contribution in [0.5, 0.6) is 0 Å². The van der Waals surface area contributed by atoms with Crippen LogP contribution in [0, 0.1) is 0 Å². The van der Waals surface area contributed by atoms with Crippen molar-refractivity contribution in [2.75, 3.05) is 39.0 Å². The van der Waals surface area contributed by atoms with E-state index >= 15 is 0 Å². The molecule has 1 aliphatic heterocycles. The lowest BCUT2D eigenvalue weighted by atomic mass is 10.2. The molecular formula is C14H25N3O4S. The van der Waals surface area contributed by atoms with Gasteiger partial charge in [0.2, 0.25) is 21.8 Å². The summed E-state index contributed by atoms with van der Waals surface area (Å²) in [6, 6.07) is 0. The first-order valence-electron chi connectivity index (χ1n) is 7.48. The van der Waals surface area contributed by atoms with E-state index in [2.05, 4.69) is 11.3 Å². The predicted octanol–water partition coefficient (Wildman–Crippen LogP) is -0.0472. The van der Waals surface area contributed by atoms with Crippen LogP contribution >= 0.6 is 0 Å². The lowest BCUT2D eigenvalue weighted by molar-refractivity contribution is -0.137. The largest absolute Gasteiger partial charge is 0.340 e. The van der Waals surface area contributed by atoms with E-state index in [9.17, 15) is 18.0 Å². The summed E-state index contributed by atoms with van der Waals surface area (Å²) >= 11 is 0. The molecule has 2 amide bonds. The van der Waals surface area contributed by atoms with E-state index in [1.807, 2.05) is 0 Å². The van der Waals surface area contributed by atoms with Crippen molar-refractivity contribution >= 4 is 21.8 Å². The zero-order valence-corrected chi connectivity index (χ0v) is 13.9. The first kappa shape index (κ1) is 18.6. The number of carbonyl (C=O) groups excluding carboxylic acids is 2. The standard InChI is InChI=1S/C14H25N3O4S/c1-3-13(18)16(2)12-14(19)17-9-7-5-4-6-8-15-22(20,21)11-10-17/h3,15H,1,4-12H2,2H3. The summed E-state index contributed by atoms with van der Waals surface area (Å²) in [5, 5.41) is 0. The number of hydrogen-bond donors (Lipinski definition) is 1. The first-order chi connectivity index (χ1) is 10.4. The number of rotatable bonds is 3. The maximum absolute atomic E-state index is 12.3. The molecular weight excluding hydrogens is 306 g/mol. The molecule has 7 nitrogen and oxygen atoms in total. The molecule has 8 heteroatoms. The normalized spacial score (nSPS) is 19.8. The Morgan fingerprint density at radius 2 is 1.91 bits per heavy atom. The molecule has 1 aliphatic rings. The lowest BCUT2D eigenvalue weighted by Crippen LogP contribution is -2.43. The fourth-order valence-corrected chi connectivity index (χ4v) is 3.27. The van der Waals surface area contributed by atoms with Crippen molar-refractivity contribution < 1.29 is 18.0 Å². The van der Waals surface area contributed by atoms with Crippen LogP contribution in [0.2, 0.25) is 0 Å². The Balaban J connectivity index is 2.68. The van der Waals surface area contributed by atoms with Gasteiger partial charge in [-0.2, -0.15) is 0 Å². The fourth-order valence-electron chi connectivity index (χ4n) is 2.21. The van der Waals surface area contributed by atoms with Gasteiger partial charge < -0.3 is 9.80 Å². The first-order valence-corrected chi connectivity index (χ1v) is 9.13. The molecule has 0 aliphatic carbocycles. The van der Waals surface area contributed by atoms with Gasteiger partial charge in [0.25, 0.3) is 0 Å². The zero-order valence-electron chi connectivity index (χ0n) is 13.1. The molecule has 1 fully saturated rings. The van der Waals surface area contributed by atoms with Gasteiger partial charge in [0.05, 0.1) is 12.3 Å². The molecule has 0 bridgehead atoms. The number of sulfonamides is 1. The highest BCUT2D eigenvalue weighted by molar-refractivity contribution is 7.89. The molecule has 0 spiro atoms. The van der Waals surface area contributed by atoms with E-state index in [0.29, 0.717) is 13.1 Å². The Kier molecular flexibility index (Phi) is 7.53. The van der Waals surface area contributed by atoms with Gasteiger partial charge in [-0.05, 0) is 18.9 Å². The van der Waals surface area contributed by atoms with Crippen molar-refractivity contribution in [1.29, 1.82) is 0 Å². The minimum Gasteiger partial charge on any atom is -0.340 e. The number of nitrogens with one attached hydrogen (secondary N) is 1. The summed E-state index contributed by atoms with van der Waals surface area (Å²) < 4.78 is 26.2. The van der Waals surface area contributed by atoms with Crippen molar-refractivity contribution in [2.45, 2.75) is 25.7 Å². The predicted molar refractivity (Wildman–Crippen MR) is 84.7 cm³/mol. The average Bonchev–Trinajstić information content (AvgIpc) is 2.50. The van der Waals surface area contributed by atoms with Gasteiger partial charge in [-0.1, -0.05) is 19.4 Å². The molecule has 0 atom stereocenters. The van der Waals surface area contributed by atoms with Gasteiger partial charge in [-0.15, -0.1) is 0 Å². The molecule has 0 saturated carbocycles. The van der Waals surface area contributed by atoms with Crippen LogP contribution in [0.25, 0.3) is 0 Å². The topological polar surface area (TPSA) is 86.8 Å². The number of likely N-dealkylation sites (N-methyl/N-ethyl adjacent to an activating group) is 1. The molecule has 0 aromatic rings. The van der Waals surface area contributed by atoms with Crippen molar-refractivity contribution in [1.82, 2.24) is 14.5 Å². The summed E-state index contributed by atoms with van der Waals surface area (Å²) in [5.41, 5.74) is 0. The van der Waals surface area contributed by atoms with Gasteiger partial charge in [0, 0.05) is 26.7 Å². The Morgan fingerprint density at radius 3 is 2.59 bits per heavy atom. The SMILES string of the molecule is C=CC(=O)N(C)CC(=O)N1CCCCCCNS(=O)(=O)CC1. The zero-order chi connectivity index (χ0) is 16.6. The third-order valence-electron chi connectivity index (χ3n) is 3.58. The molecule has 1 saturated heterocycles. The van der Waals surface area contributed by atoms with Crippen LogP contribution in [0.1, 0.15) is 25.7 Å². The minimum atomic E-state index is -3.35. The lowest BCUT2D eigenvalue weighted by Gasteiger charge is -2.25. The quantitative estimate of drug-likeness (QED) is 0.735. The van der Waals surface area contributed by atoms with Crippen molar-refractivity contribution in [3.63, 3.8) is 0 Å². The molecule has 0 unspecified atom stereocenters. The third-order valence-corrected chi connectivity index (χ3v) is 4.95. The van der Waals surface area contributed by atoms with Gasteiger partial charge in [0.1, 0.15) is 0 Å². The molecule has 1 rings (SSSR count). The Labute approximate surface area is 132 Å². The van der Waals surface area contributed by atoms with Crippen molar-refractivity contribution in [3.05, 3.63) is 12.7 Å². The molecule has 1 N–H and O–H groups in total. The Hall–Kier alpha value is -1.41. The van der Waals surface area contributed by atoms with Crippen LogP contribution in [-0.2, 0) is 19.6 Å². The summed E-state index contributed by atoms with van der Waals surface area (Å²) in [6.45, 7) is 4.42. The monoisotopic (exact) mass is 331 g/mol. The maximum Gasteiger partial charge on any atom is 0.246 e. The van der Waals surface area contributed by atoms with E-state index in [0.717, 1.165) is 31.8 Å². The molecule has 1 heterocycles. The Morgan fingerprint density at radius 1 is 1.23 bits per heavy atom. The number of hydrogen-bond acceptors (Lipinski definition) is 4. The van der Waals surface area contributed by atoms with E-state index in [4.69, 9.17) is 0 Å². The van der Waals surface area contributed by atoms with Crippen LogP contribution < -0.4 is 4.72 Å². The van der Waals surface area contributed by atoms with E-state index < -0.39 is 10.0 Å². The number of nitrogens with zero attached hydrogens (tertiary/aromatic N) is 2. The smallest absolute Gasteiger partial charge is 0.246 e. The highest BCUT2D eigenvalue weighted by atomic mass is 32.2. The summed E-state index contributed by atoms with van der Waals surface area (Å²) in [6.07, 6.45) is 4.68. The summed E-state index contributed by atoms with van der Waals surface area (Å²) in [7, 11) is -1.83. The van der Waals surface area contributed by atoms with E-state index in [1.54, 1.807) is 0 Å². The van der Waals surface area contributed by atoms with Crippen LogP contribution in [0.4, 0.5) is 0 Å². The number of amides is 2. The number of carbonyl (C=O) groups is 2. The van der Waals surface area contributed by atoms with Crippen LogP contribution in [-0.4, -0.2) is 69.0 Å². The van der Waals surface area contributed by atoms with Crippen molar-refractivity contribution in [2.24, 2.45) is 0 Å². The van der Waals surface area contributed by atoms with Crippen molar-refractivity contribution in [3.8, 4) is 0 Å². The van der Waals surface area contributed by atoms with E-state index in [1.165, 1.54) is 16.8 Å². The van der Waals surface area contributed by atoms with Crippen LogP contribution in [0.3, 0.4) is 0 Å². The van der Waals surface area contributed by atoms with Gasteiger partial charge in [-0.25, -0.2) is 13.1 Å². The Bertz CT molecular complexity index is 504. The average molecular weight is 331 g/mol. The second-order valence-electron chi connectivity index (χ2n) is 5.41. The fraction of sp³-hybridized carbons (Fsp3) is 0.714. The van der Waals surface area contributed by atoms with Gasteiger partial charge in [-0.3, -0.25) is 9.59 Å². The molecule has 22 heavy (non-hydrogen) atoms. The summed E-state index contributed by atoms with van der Waals surface area (Å²) in [4.78, 5) is 26.5. The second kappa shape index (κ2) is 8.89. The highest BCUT2D eigenvalue weighted by Crippen LogP contribution is 2.05. The third kappa shape index (κ3) is 6.57. The minimum absolute atomic E-state index is 0.0711. The van der Waals surface area contributed by atoms with Crippen LogP contribution in [0.15, 0.2) is 12.7 Å². The van der Waals surface area contributed by atoms with Gasteiger partial charge in [0.15, 0.2) is 0 Å². The second-order valence-corrected chi connectivity index (χ2v) is 7.33. The summed E-state index contributed by atoms with van der Waals surface area (Å²) in [5.74, 6) is -0.689. The van der Waals surface area contributed by atoms with E-state index in [-0.39, 0.29) is 30.7 Å². The van der Waals surface area contributed by atoms with Gasteiger partial charge >= 0.3 is 0 Å². The molecule has 0 aromatic carbocycles. The maximum atomic E-state index is 12.3. The highest BCUT2D eigenvalue weighted by Gasteiger charge is 2.20. The molecule has 126 valence electrons. The molecule has 0 aromatic heterocycles.